The molecule has 0 bridgehead atoms. The maximum absolute atomic E-state index is 12.7. The van der Waals surface area contributed by atoms with E-state index in [1.54, 1.807) is 41.3 Å². The first-order valence-corrected chi connectivity index (χ1v) is 10.4. The van der Waals surface area contributed by atoms with Crippen molar-refractivity contribution in [1.82, 2.24) is 9.21 Å². The van der Waals surface area contributed by atoms with Gasteiger partial charge in [-0.05, 0) is 37.6 Å². The Balaban J connectivity index is 1.60. The number of aryl methyl sites for hydroxylation is 2. The molecule has 0 aromatic heterocycles. The smallest absolute Gasteiger partial charge is 0.246 e. The second-order valence-corrected chi connectivity index (χ2v) is 8.72. The third kappa shape index (κ3) is 4.64. The van der Waals surface area contributed by atoms with Crippen LogP contribution in [0.3, 0.4) is 0 Å². The minimum atomic E-state index is -3.51. The Bertz CT molecular complexity index is 924. The first-order chi connectivity index (χ1) is 12.9. The molecule has 3 rings (SSSR count). The zero-order valence-corrected chi connectivity index (χ0v) is 16.4. The summed E-state index contributed by atoms with van der Waals surface area (Å²) in [6, 6.07) is 14.8. The number of carbonyl (C=O) groups excluding carboxylic acids is 1. The SMILES string of the molecule is Cc1ccc(/C=C/C(=O)N2CCN(S(=O)(=O)c3ccc(C)cc3)CC2)cc1. The van der Waals surface area contributed by atoms with Gasteiger partial charge in [-0.3, -0.25) is 4.79 Å². The van der Waals surface area contributed by atoms with Gasteiger partial charge in [0.2, 0.25) is 15.9 Å². The summed E-state index contributed by atoms with van der Waals surface area (Å²) in [4.78, 5) is 14.4. The molecule has 1 saturated heterocycles. The summed E-state index contributed by atoms with van der Waals surface area (Å²) in [5, 5.41) is 0. The third-order valence-electron chi connectivity index (χ3n) is 4.70. The van der Waals surface area contributed by atoms with Gasteiger partial charge in [0.25, 0.3) is 0 Å². The first kappa shape index (κ1) is 19.3. The highest BCUT2D eigenvalue weighted by atomic mass is 32.2. The van der Waals surface area contributed by atoms with Crippen molar-refractivity contribution >= 4 is 22.0 Å². The van der Waals surface area contributed by atoms with Gasteiger partial charge in [-0.1, -0.05) is 47.5 Å². The maximum atomic E-state index is 12.7. The van der Waals surface area contributed by atoms with E-state index in [9.17, 15) is 13.2 Å². The lowest BCUT2D eigenvalue weighted by molar-refractivity contribution is -0.127. The molecule has 0 aliphatic carbocycles. The summed E-state index contributed by atoms with van der Waals surface area (Å²) < 4.78 is 26.9. The number of hydrogen-bond donors (Lipinski definition) is 0. The fourth-order valence-corrected chi connectivity index (χ4v) is 4.38. The summed E-state index contributed by atoms with van der Waals surface area (Å²) in [6.45, 7) is 5.33. The van der Waals surface area contributed by atoms with E-state index in [1.165, 1.54) is 9.87 Å². The molecule has 0 saturated carbocycles. The third-order valence-corrected chi connectivity index (χ3v) is 6.62. The van der Waals surface area contributed by atoms with Crippen molar-refractivity contribution in [1.29, 1.82) is 0 Å². The number of benzene rings is 2. The standard InChI is InChI=1S/C21H24N2O3S/c1-17-3-7-19(8-4-17)9-12-21(24)22-13-15-23(16-14-22)27(25,26)20-10-5-18(2)6-11-20/h3-12H,13-16H2,1-2H3/b12-9+. The molecular formula is C21H24N2O3S. The molecule has 27 heavy (non-hydrogen) atoms. The van der Waals surface area contributed by atoms with Gasteiger partial charge in [0, 0.05) is 32.3 Å². The lowest BCUT2D eigenvalue weighted by Crippen LogP contribution is -2.50. The molecule has 142 valence electrons. The summed E-state index contributed by atoms with van der Waals surface area (Å²) in [5.74, 6) is -0.0945. The maximum Gasteiger partial charge on any atom is 0.246 e. The van der Waals surface area contributed by atoms with Gasteiger partial charge in [0.15, 0.2) is 0 Å². The number of hydrogen-bond acceptors (Lipinski definition) is 3. The average Bonchev–Trinajstić information content (AvgIpc) is 2.68. The minimum absolute atomic E-state index is 0.0945. The van der Waals surface area contributed by atoms with E-state index in [4.69, 9.17) is 0 Å². The molecule has 1 heterocycles. The molecule has 0 N–H and O–H groups in total. The van der Waals surface area contributed by atoms with Crippen molar-refractivity contribution in [2.75, 3.05) is 26.2 Å². The van der Waals surface area contributed by atoms with Crippen molar-refractivity contribution in [3.8, 4) is 0 Å². The van der Waals surface area contributed by atoms with Crippen molar-refractivity contribution < 1.29 is 13.2 Å². The van der Waals surface area contributed by atoms with E-state index in [0.717, 1.165) is 11.1 Å². The van der Waals surface area contributed by atoms with Crippen LogP contribution >= 0.6 is 0 Å². The summed E-state index contributed by atoms with van der Waals surface area (Å²) >= 11 is 0. The van der Waals surface area contributed by atoms with E-state index in [0.29, 0.717) is 31.1 Å². The van der Waals surface area contributed by atoms with Crippen LogP contribution in [0.5, 0.6) is 0 Å². The van der Waals surface area contributed by atoms with E-state index < -0.39 is 10.0 Å². The largest absolute Gasteiger partial charge is 0.337 e. The zero-order valence-electron chi connectivity index (χ0n) is 15.6. The fourth-order valence-electron chi connectivity index (χ4n) is 2.96. The fraction of sp³-hybridized carbons (Fsp3) is 0.286. The number of nitrogens with zero attached hydrogens (tertiary/aromatic N) is 2. The highest BCUT2D eigenvalue weighted by Crippen LogP contribution is 2.18. The molecule has 2 aromatic rings. The summed E-state index contributed by atoms with van der Waals surface area (Å²) in [7, 11) is -3.51. The van der Waals surface area contributed by atoms with Crippen LogP contribution in [0, 0.1) is 13.8 Å². The first-order valence-electron chi connectivity index (χ1n) is 8.97. The van der Waals surface area contributed by atoms with Crippen LogP contribution in [0.1, 0.15) is 16.7 Å². The minimum Gasteiger partial charge on any atom is -0.337 e. The molecule has 1 amide bonds. The monoisotopic (exact) mass is 384 g/mol. The Kier molecular flexibility index (Phi) is 5.77. The molecule has 1 fully saturated rings. The van der Waals surface area contributed by atoms with Crippen molar-refractivity contribution in [3.63, 3.8) is 0 Å². The second-order valence-electron chi connectivity index (χ2n) is 6.79. The van der Waals surface area contributed by atoms with E-state index in [1.807, 2.05) is 38.1 Å². The Morgan fingerprint density at radius 3 is 1.93 bits per heavy atom. The van der Waals surface area contributed by atoms with Crippen LogP contribution in [0.2, 0.25) is 0 Å². The van der Waals surface area contributed by atoms with E-state index >= 15 is 0 Å². The molecule has 1 aliphatic heterocycles. The summed E-state index contributed by atoms with van der Waals surface area (Å²) in [5.41, 5.74) is 3.16. The molecule has 5 nitrogen and oxygen atoms in total. The van der Waals surface area contributed by atoms with Gasteiger partial charge in [-0.15, -0.1) is 0 Å². The molecule has 6 heteroatoms. The molecule has 2 aromatic carbocycles. The van der Waals surface area contributed by atoms with Crippen LogP contribution in [0.25, 0.3) is 6.08 Å². The molecule has 0 atom stereocenters. The van der Waals surface area contributed by atoms with Gasteiger partial charge >= 0.3 is 0 Å². The van der Waals surface area contributed by atoms with Crippen LogP contribution < -0.4 is 0 Å². The molecule has 0 spiro atoms. The Hall–Kier alpha value is -2.44. The van der Waals surface area contributed by atoms with Gasteiger partial charge < -0.3 is 4.90 Å². The van der Waals surface area contributed by atoms with Crippen molar-refractivity contribution in [2.24, 2.45) is 0 Å². The number of piperazine rings is 1. The molecule has 0 radical (unpaired) electrons. The highest BCUT2D eigenvalue weighted by molar-refractivity contribution is 7.89. The van der Waals surface area contributed by atoms with Crippen LogP contribution in [0.4, 0.5) is 0 Å². The van der Waals surface area contributed by atoms with E-state index in [2.05, 4.69) is 0 Å². The predicted octanol–water partition coefficient (Wildman–Crippen LogP) is 2.85. The lowest BCUT2D eigenvalue weighted by atomic mass is 10.1. The topological polar surface area (TPSA) is 57.7 Å². The number of amides is 1. The van der Waals surface area contributed by atoms with Crippen LogP contribution in [-0.4, -0.2) is 49.7 Å². The Morgan fingerprint density at radius 2 is 1.37 bits per heavy atom. The van der Waals surface area contributed by atoms with Crippen molar-refractivity contribution in [2.45, 2.75) is 18.7 Å². The average molecular weight is 385 g/mol. The molecule has 0 unspecified atom stereocenters. The van der Waals surface area contributed by atoms with Crippen LogP contribution in [-0.2, 0) is 14.8 Å². The Labute approximate surface area is 161 Å². The lowest BCUT2D eigenvalue weighted by Gasteiger charge is -2.33. The van der Waals surface area contributed by atoms with Gasteiger partial charge in [0.05, 0.1) is 4.90 Å². The van der Waals surface area contributed by atoms with Gasteiger partial charge in [0.1, 0.15) is 0 Å². The quantitative estimate of drug-likeness (QED) is 0.762. The zero-order chi connectivity index (χ0) is 19.4. The molecule has 1 aliphatic rings. The highest BCUT2D eigenvalue weighted by Gasteiger charge is 2.29. The number of rotatable bonds is 4. The van der Waals surface area contributed by atoms with Gasteiger partial charge in [-0.25, -0.2) is 8.42 Å². The molecular weight excluding hydrogens is 360 g/mol. The Morgan fingerprint density at radius 1 is 0.852 bits per heavy atom. The van der Waals surface area contributed by atoms with Crippen LogP contribution in [0.15, 0.2) is 59.5 Å². The number of sulfonamides is 1. The second kappa shape index (κ2) is 8.06. The normalized spacial score (nSPS) is 16.0. The van der Waals surface area contributed by atoms with Crippen molar-refractivity contribution in [3.05, 3.63) is 71.3 Å². The summed E-state index contributed by atoms with van der Waals surface area (Å²) in [6.07, 6.45) is 3.34. The van der Waals surface area contributed by atoms with Gasteiger partial charge in [-0.2, -0.15) is 4.31 Å². The predicted molar refractivity (Wildman–Crippen MR) is 107 cm³/mol. The number of carbonyl (C=O) groups is 1. The van der Waals surface area contributed by atoms with E-state index in [-0.39, 0.29) is 5.91 Å².